The highest BCUT2D eigenvalue weighted by molar-refractivity contribution is 9.10. The van der Waals surface area contributed by atoms with Crippen LogP contribution in [0.25, 0.3) is 0 Å². The molecule has 7 nitrogen and oxygen atoms in total. The van der Waals surface area contributed by atoms with Crippen LogP contribution in [0.3, 0.4) is 0 Å². The summed E-state index contributed by atoms with van der Waals surface area (Å²) < 4.78 is 0.676. The van der Waals surface area contributed by atoms with E-state index >= 15 is 0 Å². The van der Waals surface area contributed by atoms with E-state index in [1.807, 2.05) is 18.2 Å². The topological polar surface area (TPSA) is 70.2 Å². The molecule has 144 valence electrons. The highest BCUT2D eigenvalue weighted by Crippen LogP contribution is 2.26. The molecule has 1 fully saturated rings. The van der Waals surface area contributed by atoms with Crippen LogP contribution in [-0.4, -0.2) is 58.9 Å². The number of amides is 3. The lowest BCUT2D eigenvalue weighted by Gasteiger charge is -2.34. The predicted octanol–water partition coefficient (Wildman–Crippen LogP) is 2.91. The molecule has 0 spiro atoms. The molecule has 2 aliphatic rings. The van der Waals surface area contributed by atoms with Gasteiger partial charge in [0.2, 0.25) is 0 Å². The van der Waals surface area contributed by atoms with Crippen LogP contribution in [0.15, 0.2) is 53.0 Å². The molecule has 0 atom stereocenters. The molecule has 2 heterocycles. The number of hydrogen-bond acceptors (Lipinski definition) is 5. The summed E-state index contributed by atoms with van der Waals surface area (Å²) in [5.74, 6) is -1.25. The van der Waals surface area contributed by atoms with Gasteiger partial charge in [-0.15, -0.1) is 0 Å². The van der Waals surface area contributed by atoms with Gasteiger partial charge in [-0.1, -0.05) is 51.3 Å². The number of piperazine rings is 1. The fourth-order valence-corrected chi connectivity index (χ4v) is 3.70. The van der Waals surface area contributed by atoms with Gasteiger partial charge in [-0.2, -0.15) is 0 Å². The molecule has 0 unspecified atom stereocenters. The molecule has 1 saturated heterocycles. The summed E-state index contributed by atoms with van der Waals surface area (Å²) in [5.41, 5.74) is 1.67. The van der Waals surface area contributed by atoms with Crippen molar-refractivity contribution in [2.24, 2.45) is 0 Å². The Labute approximate surface area is 170 Å². The van der Waals surface area contributed by atoms with E-state index in [0.717, 1.165) is 6.54 Å². The molecule has 8 heteroatoms. The fraction of sp³-hybridized carbons (Fsp3) is 0.250. The van der Waals surface area contributed by atoms with Gasteiger partial charge in [0.1, 0.15) is 0 Å². The molecule has 2 aromatic rings. The Morgan fingerprint density at radius 1 is 0.929 bits per heavy atom. The van der Waals surface area contributed by atoms with Crippen LogP contribution < -0.4 is 0 Å². The molecule has 0 saturated carbocycles. The van der Waals surface area contributed by atoms with Crippen molar-refractivity contribution in [3.8, 4) is 0 Å². The van der Waals surface area contributed by atoms with Gasteiger partial charge in [-0.3, -0.25) is 14.5 Å². The number of benzene rings is 2. The molecular formula is C20H18BrN3O4. The largest absolute Gasteiger partial charge is 0.434 e. The van der Waals surface area contributed by atoms with Crippen LogP contribution in [0.4, 0.5) is 4.79 Å². The van der Waals surface area contributed by atoms with E-state index in [2.05, 4.69) is 33.0 Å². The van der Waals surface area contributed by atoms with E-state index in [0.29, 0.717) is 35.7 Å². The predicted molar refractivity (Wildman–Crippen MR) is 104 cm³/mol. The maximum Gasteiger partial charge on any atom is 0.434 e. The lowest BCUT2D eigenvalue weighted by Crippen LogP contribution is -2.50. The number of nitrogens with zero attached hydrogens (tertiary/aromatic N) is 3. The summed E-state index contributed by atoms with van der Waals surface area (Å²) in [5, 5.41) is 0.551. The lowest BCUT2D eigenvalue weighted by molar-refractivity contribution is -0.0605. The Morgan fingerprint density at radius 2 is 1.61 bits per heavy atom. The zero-order valence-electron chi connectivity index (χ0n) is 15.0. The third kappa shape index (κ3) is 3.65. The third-order valence-corrected chi connectivity index (χ3v) is 5.35. The van der Waals surface area contributed by atoms with Crippen molar-refractivity contribution < 1.29 is 19.2 Å². The summed E-state index contributed by atoms with van der Waals surface area (Å²) in [6.45, 7) is 3.15. The first kappa shape index (κ1) is 18.6. The smallest absolute Gasteiger partial charge is 0.310 e. The second kappa shape index (κ2) is 7.73. The monoisotopic (exact) mass is 443 g/mol. The Balaban J connectivity index is 1.34. The van der Waals surface area contributed by atoms with Crippen LogP contribution in [0, 0.1) is 0 Å². The molecule has 0 radical (unpaired) electrons. The van der Waals surface area contributed by atoms with E-state index < -0.39 is 17.9 Å². The standard InChI is InChI=1S/C20H18BrN3O4/c21-15-6-7-16-17(12-15)19(26)24(18(16)25)28-20(27)23-10-8-22(9-11-23)13-14-4-2-1-3-5-14/h1-7,12H,8-11,13H2. The van der Waals surface area contributed by atoms with Crippen molar-refractivity contribution in [3.63, 3.8) is 0 Å². The number of imide groups is 1. The van der Waals surface area contributed by atoms with Crippen molar-refractivity contribution in [1.82, 2.24) is 14.9 Å². The minimum atomic E-state index is -0.687. The van der Waals surface area contributed by atoms with E-state index in [4.69, 9.17) is 4.84 Å². The van der Waals surface area contributed by atoms with Crippen LogP contribution in [0.2, 0.25) is 0 Å². The zero-order valence-corrected chi connectivity index (χ0v) is 16.6. The van der Waals surface area contributed by atoms with Gasteiger partial charge in [-0.05, 0) is 23.8 Å². The number of hydrogen-bond donors (Lipinski definition) is 0. The van der Waals surface area contributed by atoms with Gasteiger partial charge >= 0.3 is 6.09 Å². The maximum atomic E-state index is 12.5. The number of carbonyl (C=O) groups is 3. The Morgan fingerprint density at radius 3 is 2.32 bits per heavy atom. The molecule has 28 heavy (non-hydrogen) atoms. The number of fused-ring (bicyclic) bond motifs is 1. The minimum absolute atomic E-state index is 0.222. The minimum Gasteiger partial charge on any atom is -0.310 e. The van der Waals surface area contributed by atoms with E-state index in [-0.39, 0.29) is 11.1 Å². The Hall–Kier alpha value is -2.71. The Bertz CT molecular complexity index is 926. The number of halogens is 1. The molecule has 0 N–H and O–H groups in total. The molecule has 4 rings (SSSR count). The number of hydroxylamine groups is 2. The number of rotatable bonds is 3. The van der Waals surface area contributed by atoms with Crippen molar-refractivity contribution >= 4 is 33.8 Å². The zero-order chi connectivity index (χ0) is 19.7. The Kier molecular flexibility index (Phi) is 5.15. The second-order valence-corrected chi connectivity index (χ2v) is 7.62. The fourth-order valence-electron chi connectivity index (χ4n) is 3.34. The maximum absolute atomic E-state index is 12.5. The van der Waals surface area contributed by atoms with Gasteiger partial charge in [0.15, 0.2) is 0 Å². The number of carbonyl (C=O) groups excluding carboxylic acids is 3. The third-order valence-electron chi connectivity index (χ3n) is 4.86. The van der Waals surface area contributed by atoms with Gasteiger partial charge in [0.05, 0.1) is 11.1 Å². The van der Waals surface area contributed by atoms with Crippen molar-refractivity contribution in [2.75, 3.05) is 26.2 Å². The van der Waals surface area contributed by atoms with Crippen LogP contribution in [0.1, 0.15) is 26.3 Å². The summed E-state index contributed by atoms with van der Waals surface area (Å²) in [7, 11) is 0. The first-order chi connectivity index (χ1) is 13.5. The van der Waals surface area contributed by atoms with Gasteiger partial charge in [0.25, 0.3) is 11.8 Å². The van der Waals surface area contributed by atoms with Crippen molar-refractivity contribution in [3.05, 3.63) is 69.7 Å². The highest BCUT2D eigenvalue weighted by atomic mass is 79.9. The summed E-state index contributed by atoms with van der Waals surface area (Å²) in [6, 6.07) is 14.9. The van der Waals surface area contributed by atoms with Crippen LogP contribution in [0.5, 0.6) is 0 Å². The first-order valence-corrected chi connectivity index (χ1v) is 9.74. The van der Waals surface area contributed by atoms with Gasteiger partial charge < -0.3 is 9.74 Å². The second-order valence-electron chi connectivity index (χ2n) is 6.70. The summed E-state index contributed by atoms with van der Waals surface area (Å²) >= 11 is 3.27. The quantitative estimate of drug-likeness (QED) is 0.682. The average molecular weight is 444 g/mol. The van der Waals surface area contributed by atoms with Crippen LogP contribution >= 0.6 is 15.9 Å². The lowest BCUT2D eigenvalue weighted by atomic mass is 10.1. The van der Waals surface area contributed by atoms with E-state index in [9.17, 15) is 14.4 Å². The molecule has 0 aliphatic carbocycles. The average Bonchev–Trinajstić information content (AvgIpc) is 2.93. The summed E-state index contributed by atoms with van der Waals surface area (Å²) in [4.78, 5) is 46.2. The molecule has 3 amide bonds. The normalized spacial score (nSPS) is 17.0. The van der Waals surface area contributed by atoms with Crippen molar-refractivity contribution in [1.29, 1.82) is 0 Å². The molecule has 0 aromatic heterocycles. The van der Waals surface area contributed by atoms with Gasteiger partial charge in [-0.25, -0.2) is 4.79 Å². The molecule has 0 bridgehead atoms. The summed E-state index contributed by atoms with van der Waals surface area (Å²) in [6.07, 6.45) is -0.687. The van der Waals surface area contributed by atoms with Gasteiger partial charge in [0, 0.05) is 37.2 Å². The SMILES string of the molecule is O=C(ON1C(=O)c2ccc(Br)cc2C1=O)N1CCN(Cc2ccccc2)CC1. The molecule has 2 aliphatic heterocycles. The molecule has 2 aromatic carbocycles. The first-order valence-electron chi connectivity index (χ1n) is 8.94. The van der Waals surface area contributed by atoms with Crippen molar-refractivity contribution in [2.45, 2.75) is 6.54 Å². The van der Waals surface area contributed by atoms with E-state index in [1.165, 1.54) is 16.5 Å². The van der Waals surface area contributed by atoms with E-state index in [1.54, 1.807) is 12.1 Å². The highest BCUT2D eigenvalue weighted by Gasteiger charge is 2.40. The van der Waals surface area contributed by atoms with Crippen LogP contribution in [-0.2, 0) is 11.4 Å². The molecular weight excluding hydrogens is 426 g/mol.